The van der Waals surface area contributed by atoms with Crippen molar-refractivity contribution in [1.82, 2.24) is 4.90 Å². The first-order chi connectivity index (χ1) is 9.52. The molecule has 1 fully saturated rings. The van der Waals surface area contributed by atoms with Crippen LogP contribution in [0.15, 0.2) is 12.1 Å². The number of hydrogen-bond donors (Lipinski definition) is 0. The van der Waals surface area contributed by atoms with E-state index in [4.69, 9.17) is 4.74 Å². The maximum Gasteiger partial charge on any atom is 0.323 e. The second-order valence-electron chi connectivity index (χ2n) is 5.88. The molecule has 0 radical (unpaired) electrons. The van der Waals surface area contributed by atoms with E-state index in [0.29, 0.717) is 0 Å². The van der Waals surface area contributed by atoms with Crippen molar-refractivity contribution in [3.8, 4) is 0 Å². The number of aryl methyl sites for hydroxylation is 3. The monoisotopic (exact) mass is 275 g/mol. The summed E-state index contributed by atoms with van der Waals surface area (Å²) in [5.41, 5.74) is 5.28. The minimum Gasteiger partial charge on any atom is -0.468 e. The van der Waals surface area contributed by atoms with Crippen molar-refractivity contribution >= 4 is 5.97 Å². The fourth-order valence-corrected chi connectivity index (χ4v) is 3.25. The van der Waals surface area contributed by atoms with Gasteiger partial charge in [0.1, 0.15) is 6.04 Å². The number of piperidine rings is 1. The van der Waals surface area contributed by atoms with Crippen molar-refractivity contribution < 1.29 is 9.53 Å². The maximum absolute atomic E-state index is 11.9. The Bertz CT molecular complexity index is 473. The fourth-order valence-electron chi connectivity index (χ4n) is 3.25. The van der Waals surface area contributed by atoms with E-state index in [1.54, 1.807) is 0 Å². The molecule has 1 aliphatic heterocycles. The molecule has 1 saturated heterocycles. The van der Waals surface area contributed by atoms with Crippen molar-refractivity contribution in [2.75, 3.05) is 13.7 Å². The quantitative estimate of drug-likeness (QED) is 0.794. The van der Waals surface area contributed by atoms with Gasteiger partial charge in [0.05, 0.1) is 7.11 Å². The van der Waals surface area contributed by atoms with Gasteiger partial charge in [0.15, 0.2) is 0 Å². The summed E-state index contributed by atoms with van der Waals surface area (Å²) in [5, 5.41) is 0. The standard InChI is InChI=1S/C17H25NO2/c1-12-9-13(2)15(14(3)10-12)11-18-8-6-5-7-16(18)17(19)20-4/h9-10,16H,5-8,11H2,1-4H3/t16-/m1/s1. The number of rotatable bonds is 3. The normalized spacial score (nSPS) is 19.9. The van der Waals surface area contributed by atoms with E-state index >= 15 is 0 Å². The lowest BCUT2D eigenvalue weighted by molar-refractivity contribution is -0.148. The van der Waals surface area contributed by atoms with E-state index in [-0.39, 0.29) is 12.0 Å². The molecule has 0 aromatic heterocycles. The zero-order chi connectivity index (χ0) is 14.7. The molecule has 3 heteroatoms. The Morgan fingerprint density at radius 1 is 1.25 bits per heavy atom. The smallest absolute Gasteiger partial charge is 0.323 e. The van der Waals surface area contributed by atoms with E-state index in [9.17, 15) is 4.79 Å². The van der Waals surface area contributed by atoms with E-state index in [2.05, 4.69) is 37.8 Å². The lowest BCUT2D eigenvalue weighted by atomic mass is 9.96. The van der Waals surface area contributed by atoms with Gasteiger partial charge < -0.3 is 4.74 Å². The van der Waals surface area contributed by atoms with Crippen molar-refractivity contribution in [3.05, 3.63) is 34.4 Å². The third kappa shape index (κ3) is 3.21. The summed E-state index contributed by atoms with van der Waals surface area (Å²) in [7, 11) is 1.48. The molecular formula is C17H25NO2. The van der Waals surface area contributed by atoms with Crippen LogP contribution in [0.4, 0.5) is 0 Å². The van der Waals surface area contributed by atoms with Crippen LogP contribution < -0.4 is 0 Å². The lowest BCUT2D eigenvalue weighted by Gasteiger charge is -2.34. The van der Waals surface area contributed by atoms with Gasteiger partial charge in [-0.15, -0.1) is 0 Å². The molecule has 0 N–H and O–H groups in total. The zero-order valence-electron chi connectivity index (χ0n) is 13.0. The minimum absolute atomic E-state index is 0.0751. The summed E-state index contributed by atoms with van der Waals surface area (Å²) in [6.07, 6.45) is 3.19. The first kappa shape index (κ1) is 15.0. The van der Waals surface area contributed by atoms with E-state index in [1.807, 2.05) is 0 Å². The molecular weight excluding hydrogens is 250 g/mol. The Labute approximate surface area is 121 Å². The fraction of sp³-hybridized carbons (Fsp3) is 0.588. The highest BCUT2D eigenvalue weighted by molar-refractivity contribution is 5.75. The molecule has 0 saturated carbocycles. The first-order valence-electron chi connectivity index (χ1n) is 7.41. The molecule has 1 aliphatic rings. The molecule has 0 amide bonds. The predicted molar refractivity (Wildman–Crippen MR) is 80.7 cm³/mol. The van der Waals surface area contributed by atoms with Gasteiger partial charge in [0, 0.05) is 6.54 Å². The molecule has 0 bridgehead atoms. The van der Waals surface area contributed by atoms with Gasteiger partial charge in [-0.25, -0.2) is 0 Å². The number of esters is 1. The average Bonchev–Trinajstić information content (AvgIpc) is 2.42. The summed E-state index contributed by atoms with van der Waals surface area (Å²) >= 11 is 0. The van der Waals surface area contributed by atoms with Crippen LogP contribution in [-0.4, -0.2) is 30.6 Å². The molecule has 110 valence electrons. The second-order valence-corrected chi connectivity index (χ2v) is 5.88. The topological polar surface area (TPSA) is 29.5 Å². The van der Waals surface area contributed by atoms with E-state index < -0.39 is 0 Å². The van der Waals surface area contributed by atoms with Crippen LogP contribution in [0.2, 0.25) is 0 Å². The highest BCUT2D eigenvalue weighted by Gasteiger charge is 2.29. The third-order valence-electron chi connectivity index (χ3n) is 4.29. The van der Waals surface area contributed by atoms with Crippen LogP contribution in [0.3, 0.4) is 0 Å². The zero-order valence-corrected chi connectivity index (χ0v) is 13.0. The number of carbonyl (C=O) groups excluding carboxylic acids is 1. The van der Waals surface area contributed by atoms with Crippen LogP contribution in [0.1, 0.15) is 41.5 Å². The summed E-state index contributed by atoms with van der Waals surface area (Å²) in [4.78, 5) is 14.2. The Morgan fingerprint density at radius 3 is 2.50 bits per heavy atom. The SMILES string of the molecule is COC(=O)[C@H]1CCCCN1Cc1c(C)cc(C)cc1C. The van der Waals surface area contributed by atoms with Gasteiger partial charge in [-0.05, 0) is 56.8 Å². The Morgan fingerprint density at radius 2 is 1.90 bits per heavy atom. The number of hydrogen-bond acceptors (Lipinski definition) is 3. The van der Waals surface area contributed by atoms with Gasteiger partial charge >= 0.3 is 5.97 Å². The third-order valence-corrected chi connectivity index (χ3v) is 4.29. The van der Waals surface area contributed by atoms with Gasteiger partial charge in [-0.1, -0.05) is 24.1 Å². The van der Waals surface area contributed by atoms with Gasteiger partial charge in [0.2, 0.25) is 0 Å². The molecule has 0 aliphatic carbocycles. The van der Waals surface area contributed by atoms with Crippen LogP contribution in [0, 0.1) is 20.8 Å². The number of carbonyl (C=O) groups is 1. The highest BCUT2D eigenvalue weighted by atomic mass is 16.5. The summed E-state index contributed by atoms with van der Waals surface area (Å²) in [5.74, 6) is -0.0906. The van der Waals surface area contributed by atoms with Gasteiger partial charge in [-0.2, -0.15) is 0 Å². The van der Waals surface area contributed by atoms with E-state index in [1.165, 1.54) is 29.4 Å². The Kier molecular flexibility index (Phi) is 4.81. The van der Waals surface area contributed by atoms with Gasteiger partial charge in [0.25, 0.3) is 0 Å². The van der Waals surface area contributed by atoms with Crippen molar-refractivity contribution in [2.24, 2.45) is 0 Å². The maximum atomic E-state index is 11.9. The van der Waals surface area contributed by atoms with Crippen molar-refractivity contribution in [2.45, 2.75) is 52.6 Å². The lowest BCUT2D eigenvalue weighted by Crippen LogP contribution is -2.44. The average molecular weight is 275 g/mol. The molecule has 1 atom stereocenters. The molecule has 2 rings (SSSR count). The number of nitrogens with zero attached hydrogens (tertiary/aromatic N) is 1. The van der Waals surface area contributed by atoms with Crippen LogP contribution in [-0.2, 0) is 16.1 Å². The number of benzene rings is 1. The molecule has 0 spiro atoms. The van der Waals surface area contributed by atoms with Crippen molar-refractivity contribution in [3.63, 3.8) is 0 Å². The molecule has 0 unspecified atom stereocenters. The molecule has 1 aromatic carbocycles. The van der Waals surface area contributed by atoms with E-state index in [0.717, 1.165) is 32.4 Å². The minimum atomic E-state index is -0.0906. The van der Waals surface area contributed by atoms with Crippen molar-refractivity contribution in [1.29, 1.82) is 0 Å². The summed E-state index contributed by atoms with van der Waals surface area (Å²) in [6, 6.07) is 4.37. The van der Waals surface area contributed by atoms with Crippen LogP contribution in [0.5, 0.6) is 0 Å². The Hall–Kier alpha value is -1.35. The summed E-state index contributed by atoms with van der Waals surface area (Å²) in [6.45, 7) is 8.27. The number of methoxy groups -OCH3 is 1. The highest BCUT2D eigenvalue weighted by Crippen LogP contribution is 2.24. The molecule has 3 nitrogen and oxygen atoms in total. The largest absolute Gasteiger partial charge is 0.468 e. The predicted octanol–water partition coefficient (Wildman–Crippen LogP) is 3.14. The molecule has 20 heavy (non-hydrogen) atoms. The van der Waals surface area contributed by atoms with Gasteiger partial charge in [-0.3, -0.25) is 9.69 Å². The second kappa shape index (κ2) is 6.40. The Balaban J connectivity index is 2.21. The molecule has 1 heterocycles. The first-order valence-corrected chi connectivity index (χ1v) is 7.41. The molecule has 1 aromatic rings. The summed E-state index contributed by atoms with van der Waals surface area (Å²) < 4.78 is 4.96. The van der Waals surface area contributed by atoms with Crippen LogP contribution in [0.25, 0.3) is 0 Å². The number of ether oxygens (including phenoxy) is 1. The number of likely N-dealkylation sites (tertiary alicyclic amines) is 1. The van der Waals surface area contributed by atoms with Crippen LogP contribution >= 0.6 is 0 Å².